The zero-order valence-electron chi connectivity index (χ0n) is 10.2. The van der Waals surface area contributed by atoms with Crippen LogP contribution in [0, 0.1) is 0 Å². The van der Waals surface area contributed by atoms with Crippen molar-refractivity contribution in [1.82, 2.24) is 10.3 Å². The molecule has 0 aromatic carbocycles. The molecule has 0 saturated heterocycles. The van der Waals surface area contributed by atoms with Crippen LogP contribution >= 0.6 is 0 Å². The highest BCUT2D eigenvalue weighted by Gasteiger charge is 2.16. The van der Waals surface area contributed by atoms with Crippen LogP contribution in [0.15, 0.2) is 18.2 Å². The van der Waals surface area contributed by atoms with Gasteiger partial charge < -0.3 is 15.2 Å². The molecule has 2 N–H and O–H groups in total. The van der Waals surface area contributed by atoms with Crippen molar-refractivity contribution in [1.29, 1.82) is 0 Å². The highest BCUT2D eigenvalue weighted by molar-refractivity contribution is 5.15. The fourth-order valence-electron chi connectivity index (χ4n) is 1.25. The topological polar surface area (TPSA) is 54.4 Å². The quantitative estimate of drug-likeness (QED) is 0.765. The normalized spacial score (nSPS) is 14.5. The van der Waals surface area contributed by atoms with Crippen LogP contribution in [0.2, 0.25) is 0 Å². The van der Waals surface area contributed by atoms with E-state index >= 15 is 0 Å². The van der Waals surface area contributed by atoms with Gasteiger partial charge in [0.05, 0.1) is 18.4 Å². The van der Waals surface area contributed by atoms with Gasteiger partial charge in [-0.3, -0.25) is 0 Å². The number of rotatable bonds is 6. The maximum absolute atomic E-state index is 9.79. The maximum Gasteiger partial charge on any atom is 0.213 e. The third-order valence-corrected chi connectivity index (χ3v) is 2.56. The van der Waals surface area contributed by atoms with Crippen LogP contribution in [0.5, 0.6) is 5.88 Å². The molecule has 1 unspecified atom stereocenters. The molecule has 0 aliphatic carbocycles. The summed E-state index contributed by atoms with van der Waals surface area (Å²) >= 11 is 0. The summed E-state index contributed by atoms with van der Waals surface area (Å²) in [6.07, 6.45) is 0.728. The summed E-state index contributed by atoms with van der Waals surface area (Å²) in [5.74, 6) is 0.613. The highest BCUT2D eigenvalue weighted by Crippen LogP contribution is 2.08. The summed E-state index contributed by atoms with van der Waals surface area (Å²) in [7, 11) is 1.60. The van der Waals surface area contributed by atoms with Gasteiger partial charge in [-0.05, 0) is 19.4 Å². The molecular weight excluding hydrogens is 204 g/mol. The molecule has 0 aliphatic heterocycles. The molecule has 90 valence electrons. The first-order valence-electron chi connectivity index (χ1n) is 5.50. The predicted octanol–water partition coefficient (Wildman–Crippen LogP) is 1.34. The van der Waals surface area contributed by atoms with Gasteiger partial charge >= 0.3 is 0 Å². The molecule has 0 spiro atoms. The number of ether oxygens (including phenoxy) is 1. The Balaban J connectivity index is 2.42. The zero-order valence-corrected chi connectivity index (χ0v) is 10.2. The lowest BCUT2D eigenvalue weighted by Crippen LogP contribution is -2.36. The van der Waals surface area contributed by atoms with E-state index < -0.39 is 5.60 Å². The van der Waals surface area contributed by atoms with Crippen LogP contribution in [0.1, 0.15) is 26.0 Å². The molecule has 16 heavy (non-hydrogen) atoms. The monoisotopic (exact) mass is 224 g/mol. The lowest BCUT2D eigenvalue weighted by Gasteiger charge is -2.21. The van der Waals surface area contributed by atoms with Crippen molar-refractivity contribution in [2.75, 3.05) is 13.7 Å². The number of hydrogen-bond donors (Lipinski definition) is 2. The number of nitrogens with zero attached hydrogens (tertiary/aromatic N) is 1. The fourth-order valence-corrected chi connectivity index (χ4v) is 1.25. The lowest BCUT2D eigenvalue weighted by molar-refractivity contribution is 0.0555. The van der Waals surface area contributed by atoms with Crippen molar-refractivity contribution in [3.05, 3.63) is 23.9 Å². The molecule has 0 aliphatic rings. The molecule has 4 heteroatoms. The minimum Gasteiger partial charge on any atom is -0.481 e. The van der Waals surface area contributed by atoms with Crippen LogP contribution in [0.4, 0.5) is 0 Å². The molecule has 1 aromatic rings. The standard InChI is InChI=1S/C12H20N2O2/c1-4-12(2,15)9-13-8-10-6-5-7-11(14-10)16-3/h5-7,13,15H,4,8-9H2,1-3H3. The Morgan fingerprint density at radius 3 is 2.88 bits per heavy atom. The maximum atomic E-state index is 9.79. The van der Waals surface area contributed by atoms with E-state index in [0.29, 0.717) is 19.0 Å². The first kappa shape index (κ1) is 12.9. The number of aromatic nitrogens is 1. The molecule has 0 saturated carbocycles. The van der Waals surface area contributed by atoms with Gasteiger partial charge in [-0.1, -0.05) is 13.0 Å². The van der Waals surface area contributed by atoms with E-state index in [0.717, 1.165) is 12.1 Å². The van der Waals surface area contributed by atoms with E-state index in [9.17, 15) is 5.11 Å². The van der Waals surface area contributed by atoms with Crippen molar-refractivity contribution >= 4 is 0 Å². The second-order valence-corrected chi connectivity index (χ2v) is 4.13. The molecule has 4 nitrogen and oxygen atoms in total. The van der Waals surface area contributed by atoms with Crippen molar-refractivity contribution in [3.63, 3.8) is 0 Å². The first-order valence-corrected chi connectivity index (χ1v) is 5.50. The second-order valence-electron chi connectivity index (χ2n) is 4.13. The summed E-state index contributed by atoms with van der Waals surface area (Å²) in [5, 5.41) is 13.0. The molecule has 1 rings (SSSR count). The Kier molecular flexibility index (Phi) is 4.71. The predicted molar refractivity (Wildman–Crippen MR) is 63.4 cm³/mol. The zero-order chi connectivity index (χ0) is 12.0. The summed E-state index contributed by atoms with van der Waals surface area (Å²) in [6.45, 7) is 4.97. The van der Waals surface area contributed by atoms with Gasteiger partial charge in [-0.2, -0.15) is 0 Å². The number of methoxy groups -OCH3 is 1. The van der Waals surface area contributed by atoms with Gasteiger partial charge in [0.1, 0.15) is 0 Å². The number of pyridine rings is 1. The van der Waals surface area contributed by atoms with Crippen LogP contribution in [0.25, 0.3) is 0 Å². The van der Waals surface area contributed by atoms with Gasteiger partial charge in [-0.15, -0.1) is 0 Å². The van der Waals surface area contributed by atoms with Crippen LogP contribution < -0.4 is 10.1 Å². The fraction of sp³-hybridized carbons (Fsp3) is 0.583. The number of hydrogen-bond acceptors (Lipinski definition) is 4. The van der Waals surface area contributed by atoms with Gasteiger partial charge in [0, 0.05) is 19.2 Å². The summed E-state index contributed by atoms with van der Waals surface area (Å²) in [4.78, 5) is 4.27. The molecule has 1 heterocycles. The molecule has 0 amide bonds. The Labute approximate surface area is 96.7 Å². The molecule has 1 aromatic heterocycles. The Morgan fingerprint density at radius 2 is 2.25 bits per heavy atom. The van der Waals surface area contributed by atoms with Gasteiger partial charge in [0.25, 0.3) is 0 Å². The lowest BCUT2D eigenvalue weighted by atomic mass is 10.0. The van der Waals surface area contributed by atoms with Gasteiger partial charge in [0.15, 0.2) is 0 Å². The van der Waals surface area contributed by atoms with Crippen molar-refractivity contribution in [2.45, 2.75) is 32.4 Å². The molecule has 1 atom stereocenters. The van der Waals surface area contributed by atoms with E-state index in [1.165, 1.54) is 0 Å². The van der Waals surface area contributed by atoms with E-state index in [2.05, 4.69) is 10.3 Å². The molecule has 0 bridgehead atoms. The second kappa shape index (κ2) is 5.82. The minimum atomic E-state index is -0.654. The van der Waals surface area contributed by atoms with E-state index in [1.807, 2.05) is 32.0 Å². The van der Waals surface area contributed by atoms with Gasteiger partial charge in [-0.25, -0.2) is 4.98 Å². The molecule has 0 radical (unpaired) electrons. The van der Waals surface area contributed by atoms with Gasteiger partial charge in [0.2, 0.25) is 5.88 Å². The summed E-state index contributed by atoms with van der Waals surface area (Å²) in [6, 6.07) is 5.64. The smallest absolute Gasteiger partial charge is 0.213 e. The van der Waals surface area contributed by atoms with E-state index in [4.69, 9.17) is 4.74 Å². The Morgan fingerprint density at radius 1 is 1.50 bits per heavy atom. The highest BCUT2D eigenvalue weighted by atomic mass is 16.5. The average molecular weight is 224 g/mol. The Bertz CT molecular complexity index is 327. The van der Waals surface area contributed by atoms with Crippen LogP contribution in [-0.2, 0) is 6.54 Å². The van der Waals surface area contributed by atoms with E-state index in [-0.39, 0.29) is 0 Å². The van der Waals surface area contributed by atoms with E-state index in [1.54, 1.807) is 7.11 Å². The molecular formula is C12H20N2O2. The summed E-state index contributed by atoms with van der Waals surface area (Å²) in [5.41, 5.74) is 0.255. The average Bonchev–Trinajstić information content (AvgIpc) is 2.29. The number of nitrogens with one attached hydrogen (secondary N) is 1. The van der Waals surface area contributed by atoms with Crippen molar-refractivity contribution < 1.29 is 9.84 Å². The number of aliphatic hydroxyl groups is 1. The van der Waals surface area contributed by atoms with Crippen LogP contribution in [0.3, 0.4) is 0 Å². The van der Waals surface area contributed by atoms with Crippen molar-refractivity contribution in [3.8, 4) is 5.88 Å². The summed E-state index contributed by atoms with van der Waals surface area (Å²) < 4.78 is 5.03. The third kappa shape index (κ3) is 4.16. The molecule has 0 fully saturated rings. The first-order chi connectivity index (χ1) is 7.57. The SMILES string of the molecule is CCC(C)(O)CNCc1cccc(OC)n1. The largest absolute Gasteiger partial charge is 0.481 e. The van der Waals surface area contributed by atoms with Crippen LogP contribution in [-0.4, -0.2) is 29.3 Å². The minimum absolute atomic E-state index is 0.558. The van der Waals surface area contributed by atoms with Crippen molar-refractivity contribution in [2.24, 2.45) is 0 Å². The third-order valence-electron chi connectivity index (χ3n) is 2.56. The Hall–Kier alpha value is -1.13.